The Hall–Kier alpha value is -2.13. The summed E-state index contributed by atoms with van der Waals surface area (Å²) < 4.78 is 0.820. The number of amides is 1. The van der Waals surface area contributed by atoms with E-state index in [0.717, 1.165) is 4.21 Å². The van der Waals surface area contributed by atoms with E-state index in [9.17, 15) is 14.9 Å². The van der Waals surface area contributed by atoms with E-state index < -0.39 is 4.92 Å². The van der Waals surface area contributed by atoms with Crippen LogP contribution in [0.2, 0.25) is 0 Å². The Kier molecular flexibility index (Phi) is 4.53. The number of nitro benzene ring substituents is 1. The summed E-state index contributed by atoms with van der Waals surface area (Å²) in [6.07, 6.45) is 1.59. The number of hydrogen-bond acceptors (Lipinski definition) is 7. The number of para-hydroxylation sites is 2. The van der Waals surface area contributed by atoms with Gasteiger partial charge in [0.15, 0.2) is 5.13 Å². The molecule has 1 aromatic carbocycles. The lowest BCUT2D eigenvalue weighted by Crippen LogP contribution is -2.14. The molecule has 0 bridgehead atoms. The molecule has 3 N–H and O–H groups in total. The van der Waals surface area contributed by atoms with Crippen LogP contribution >= 0.6 is 23.1 Å². The minimum Gasteiger partial charge on any atom is -0.375 e. The van der Waals surface area contributed by atoms with Crippen molar-refractivity contribution in [1.29, 1.82) is 0 Å². The monoisotopic (exact) mass is 310 g/mol. The van der Waals surface area contributed by atoms with Crippen molar-refractivity contribution in [2.24, 2.45) is 0 Å². The van der Waals surface area contributed by atoms with Gasteiger partial charge in [0.25, 0.3) is 5.69 Å². The summed E-state index contributed by atoms with van der Waals surface area (Å²) in [7, 11) is 0. The highest BCUT2D eigenvalue weighted by Crippen LogP contribution is 2.27. The Morgan fingerprint density at radius 1 is 1.50 bits per heavy atom. The predicted octanol–water partition coefficient (Wildman–Crippen LogP) is 2.36. The van der Waals surface area contributed by atoms with E-state index in [4.69, 9.17) is 5.73 Å². The number of nitrogens with zero attached hydrogens (tertiary/aromatic N) is 2. The average Bonchev–Trinajstić information content (AvgIpc) is 2.83. The Bertz CT molecular complexity index is 644. The van der Waals surface area contributed by atoms with Crippen LogP contribution in [0.3, 0.4) is 0 Å². The number of nitrogen functional groups attached to an aromatic ring is 1. The lowest BCUT2D eigenvalue weighted by molar-refractivity contribution is -0.383. The van der Waals surface area contributed by atoms with Gasteiger partial charge in [0.2, 0.25) is 5.91 Å². The summed E-state index contributed by atoms with van der Waals surface area (Å²) in [5, 5.41) is 13.8. The summed E-state index contributed by atoms with van der Waals surface area (Å²) in [6, 6.07) is 6.00. The van der Waals surface area contributed by atoms with Crippen LogP contribution in [0.15, 0.2) is 34.7 Å². The second-order valence-corrected chi connectivity index (χ2v) is 5.97. The molecule has 7 nitrogen and oxygen atoms in total. The Morgan fingerprint density at radius 3 is 2.90 bits per heavy atom. The van der Waals surface area contributed by atoms with Gasteiger partial charge >= 0.3 is 0 Å². The number of carbonyl (C=O) groups excluding carboxylic acids is 1. The molecule has 0 atom stereocenters. The fraction of sp³-hybridized carbons (Fsp3) is 0.0909. The van der Waals surface area contributed by atoms with Gasteiger partial charge in [-0.3, -0.25) is 14.9 Å². The molecular formula is C11H10N4O3S2. The highest BCUT2D eigenvalue weighted by atomic mass is 32.2. The van der Waals surface area contributed by atoms with Crippen LogP contribution in [0.1, 0.15) is 0 Å². The third kappa shape index (κ3) is 3.68. The van der Waals surface area contributed by atoms with Crippen LogP contribution in [0.4, 0.5) is 16.5 Å². The number of nitrogens with two attached hydrogens (primary N) is 1. The summed E-state index contributed by atoms with van der Waals surface area (Å²) >= 11 is 2.56. The highest BCUT2D eigenvalue weighted by Gasteiger charge is 2.14. The van der Waals surface area contributed by atoms with Crippen molar-refractivity contribution in [2.45, 2.75) is 4.21 Å². The van der Waals surface area contributed by atoms with Gasteiger partial charge in [-0.1, -0.05) is 23.5 Å². The van der Waals surface area contributed by atoms with Crippen LogP contribution in [-0.2, 0) is 4.79 Å². The standard InChI is InChI=1S/C11H10N4O3S2/c12-11-13-5-10(20-11)19-6-9(16)14-7-3-1-2-4-8(7)15(17)18/h1-5H,6H2,(H2,12,13)(H,14,16). The van der Waals surface area contributed by atoms with Crippen molar-refractivity contribution in [3.8, 4) is 0 Å². The quantitative estimate of drug-likeness (QED) is 0.498. The van der Waals surface area contributed by atoms with Gasteiger partial charge in [0.1, 0.15) is 5.69 Å². The molecule has 0 saturated heterocycles. The molecule has 0 aliphatic heterocycles. The highest BCUT2D eigenvalue weighted by molar-refractivity contribution is 8.01. The maximum Gasteiger partial charge on any atom is 0.292 e. The van der Waals surface area contributed by atoms with Gasteiger partial charge in [-0.25, -0.2) is 4.98 Å². The minimum absolute atomic E-state index is 0.132. The molecule has 0 spiro atoms. The fourth-order valence-electron chi connectivity index (χ4n) is 1.40. The van der Waals surface area contributed by atoms with Gasteiger partial charge < -0.3 is 11.1 Å². The third-order valence-electron chi connectivity index (χ3n) is 2.22. The van der Waals surface area contributed by atoms with Crippen LogP contribution in [0.5, 0.6) is 0 Å². The van der Waals surface area contributed by atoms with Gasteiger partial charge in [-0.2, -0.15) is 0 Å². The first-order valence-corrected chi connectivity index (χ1v) is 7.24. The molecule has 0 unspecified atom stereocenters. The first kappa shape index (κ1) is 14.3. The number of nitrogens with one attached hydrogen (secondary N) is 1. The zero-order valence-electron chi connectivity index (χ0n) is 10.1. The van der Waals surface area contributed by atoms with Crippen LogP contribution in [-0.4, -0.2) is 21.6 Å². The molecule has 1 heterocycles. The zero-order valence-corrected chi connectivity index (χ0v) is 11.7. The van der Waals surface area contributed by atoms with E-state index in [2.05, 4.69) is 10.3 Å². The van der Waals surface area contributed by atoms with Crippen molar-refractivity contribution in [3.63, 3.8) is 0 Å². The number of hydrogen-bond donors (Lipinski definition) is 2. The van der Waals surface area contributed by atoms with Gasteiger partial charge in [-0.05, 0) is 6.07 Å². The molecule has 104 valence electrons. The molecule has 1 aromatic heterocycles. The number of anilines is 2. The summed E-state index contributed by atoms with van der Waals surface area (Å²) in [4.78, 5) is 25.9. The smallest absolute Gasteiger partial charge is 0.292 e. The molecule has 0 saturated carbocycles. The molecule has 20 heavy (non-hydrogen) atoms. The van der Waals surface area contributed by atoms with Crippen LogP contribution < -0.4 is 11.1 Å². The average molecular weight is 310 g/mol. The third-order valence-corrected chi connectivity index (χ3v) is 4.24. The number of nitro groups is 1. The van der Waals surface area contributed by atoms with E-state index in [1.54, 1.807) is 18.3 Å². The van der Waals surface area contributed by atoms with E-state index in [0.29, 0.717) is 5.13 Å². The van der Waals surface area contributed by atoms with Gasteiger partial charge in [0.05, 0.1) is 21.1 Å². The number of thiazole rings is 1. The Morgan fingerprint density at radius 2 is 2.25 bits per heavy atom. The van der Waals surface area contributed by atoms with E-state index in [1.165, 1.54) is 35.2 Å². The van der Waals surface area contributed by atoms with Crippen molar-refractivity contribution in [2.75, 3.05) is 16.8 Å². The SMILES string of the molecule is Nc1ncc(SCC(=O)Nc2ccccc2[N+](=O)[O-])s1. The molecular weight excluding hydrogens is 300 g/mol. The molecule has 0 aliphatic rings. The van der Waals surface area contributed by atoms with Crippen molar-refractivity contribution in [1.82, 2.24) is 4.98 Å². The summed E-state index contributed by atoms with van der Waals surface area (Å²) in [5.41, 5.74) is 5.54. The zero-order chi connectivity index (χ0) is 14.5. The van der Waals surface area contributed by atoms with Crippen molar-refractivity contribution >= 4 is 45.5 Å². The lowest BCUT2D eigenvalue weighted by atomic mass is 10.2. The minimum atomic E-state index is -0.535. The van der Waals surface area contributed by atoms with E-state index >= 15 is 0 Å². The molecule has 0 aliphatic carbocycles. The van der Waals surface area contributed by atoms with E-state index in [-0.39, 0.29) is 23.0 Å². The molecule has 9 heteroatoms. The molecule has 1 amide bonds. The Balaban J connectivity index is 1.96. The fourth-order valence-corrected chi connectivity index (χ4v) is 2.96. The number of rotatable bonds is 5. The van der Waals surface area contributed by atoms with E-state index in [1.807, 2.05) is 0 Å². The maximum absolute atomic E-state index is 11.8. The second kappa shape index (κ2) is 6.35. The van der Waals surface area contributed by atoms with Gasteiger partial charge in [0, 0.05) is 6.07 Å². The predicted molar refractivity (Wildman–Crippen MR) is 79.0 cm³/mol. The first-order chi connectivity index (χ1) is 9.56. The number of aromatic nitrogens is 1. The van der Waals surface area contributed by atoms with Gasteiger partial charge in [-0.15, -0.1) is 11.8 Å². The second-order valence-electron chi connectivity index (χ2n) is 3.63. The largest absolute Gasteiger partial charge is 0.375 e. The molecule has 2 aromatic rings. The Labute approximate surface area is 122 Å². The van der Waals surface area contributed by atoms with Crippen LogP contribution in [0, 0.1) is 10.1 Å². The maximum atomic E-state index is 11.8. The first-order valence-electron chi connectivity index (χ1n) is 5.43. The molecule has 0 radical (unpaired) electrons. The number of benzene rings is 1. The normalized spacial score (nSPS) is 10.2. The topological polar surface area (TPSA) is 111 Å². The lowest BCUT2D eigenvalue weighted by Gasteiger charge is -2.04. The van der Waals surface area contributed by atoms with Crippen molar-refractivity contribution < 1.29 is 9.72 Å². The molecule has 0 fully saturated rings. The summed E-state index contributed by atoms with van der Waals surface area (Å²) in [5.74, 6) is -0.190. The molecule has 2 rings (SSSR count). The number of thioether (sulfide) groups is 1. The summed E-state index contributed by atoms with van der Waals surface area (Å²) in [6.45, 7) is 0. The van der Waals surface area contributed by atoms with Crippen LogP contribution in [0.25, 0.3) is 0 Å². The van der Waals surface area contributed by atoms with Crippen molar-refractivity contribution in [3.05, 3.63) is 40.6 Å². The number of carbonyl (C=O) groups is 1.